The highest BCUT2D eigenvalue weighted by Crippen LogP contribution is 2.14. The van der Waals surface area contributed by atoms with Gasteiger partial charge in [0.05, 0.1) is 5.69 Å². The van der Waals surface area contributed by atoms with Gasteiger partial charge >= 0.3 is 5.97 Å². The van der Waals surface area contributed by atoms with Crippen LogP contribution < -0.4 is 0 Å². The molecule has 0 unspecified atom stereocenters. The summed E-state index contributed by atoms with van der Waals surface area (Å²) in [6, 6.07) is 1.81. The summed E-state index contributed by atoms with van der Waals surface area (Å²) in [5.41, 5.74) is 0.882. The molecule has 1 aromatic heterocycles. The lowest BCUT2D eigenvalue weighted by atomic mass is 10.1. The Balaban J connectivity index is 2.48. The van der Waals surface area contributed by atoms with E-state index in [4.69, 9.17) is 9.26 Å². The van der Waals surface area contributed by atoms with E-state index >= 15 is 0 Å². The van der Waals surface area contributed by atoms with Crippen LogP contribution in [0.25, 0.3) is 0 Å². The molecule has 4 nitrogen and oxygen atoms in total. The Morgan fingerprint density at radius 2 is 2.36 bits per heavy atom. The van der Waals surface area contributed by atoms with Crippen LogP contribution in [0.3, 0.4) is 0 Å². The summed E-state index contributed by atoms with van der Waals surface area (Å²) in [5, 5.41) is 3.85. The molecule has 0 aliphatic carbocycles. The van der Waals surface area contributed by atoms with Crippen LogP contribution in [-0.4, -0.2) is 11.1 Å². The van der Waals surface area contributed by atoms with Gasteiger partial charge in [-0.1, -0.05) is 25.9 Å². The lowest BCUT2D eigenvalue weighted by molar-refractivity contribution is -0.145. The minimum atomic E-state index is -0.229. The third-order valence-corrected chi connectivity index (χ3v) is 1.83. The Morgan fingerprint density at radius 1 is 1.64 bits per heavy atom. The molecule has 14 heavy (non-hydrogen) atoms. The number of aromatic nitrogens is 1. The fourth-order valence-electron chi connectivity index (χ4n) is 0.923. The van der Waals surface area contributed by atoms with E-state index in [2.05, 4.69) is 5.16 Å². The van der Waals surface area contributed by atoms with Crippen LogP contribution in [0.1, 0.15) is 44.6 Å². The van der Waals surface area contributed by atoms with E-state index in [1.165, 1.54) is 0 Å². The van der Waals surface area contributed by atoms with Crippen molar-refractivity contribution in [3.63, 3.8) is 0 Å². The van der Waals surface area contributed by atoms with Gasteiger partial charge in [-0.15, -0.1) is 0 Å². The molecule has 0 fully saturated rings. The van der Waals surface area contributed by atoms with Crippen molar-refractivity contribution in [3.05, 3.63) is 17.5 Å². The van der Waals surface area contributed by atoms with Gasteiger partial charge in [0, 0.05) is 12.5 Å². The van der Waals surface area contributed by atoms with E-state index in [0.29, 0.717) is 18.1 Å². The number of hydrogen-bond donors (Lipinski definition) is 0. The van der Waals surface area contributed by atoms with Crippen LogP contribution in [0.15, 0.2) is 10.6 Å². The molecule has 0 N–H and O–H groups in total. The first-order chi connectivity index (χ1) is 6.63. The monoisotopic (exact) mass is 197 g/mol. The third kappa shape index (κ3) is 2.87. The van der Waals surface area contributed by atoms with Gasteiger partial charge < -0.3 is 9.26 Å². The highest BCUT2D eigenvalue weighted by atomic mass is 16.5. The van der Waals surface area contributed by atoms with Crippen molar-refractivity contribution in [1.29, 1.82) is 0 Å². The summed E-state index contributed by atoms with van der Waals surface area (Å²) in [7, 11) is 0. The second-order valence-corrected chi connectivity index (χ2v) is 3.39. The zero-order valence-corrected chi connectivity index (χ0v) is 8.74. The normalized spacial score (nSPS) is 10.6. The SMILES string of the molecule is CCC(=O)OCc1cc(C(C)C)no1. The average molecular weight is 197 g/mol. The summed E-state index contributed by atoms with van der Waals surface area (Å²) in [5.74, 6) is 0.692. The average Bonchev–Trinajstić information content (AvgIpc) is 2.62. The highest BCUT2D eigenvalue weighted by molar-refractivity contribution is 5.68. The summed E-state index contributed by atoms with van der Waals surface area (Å²) in [4.78, 5) is 10.8. The fraction of sp³-hybridized carbons (Fsp3) is 0.600. The van der Waals surface area contributed by atoms with Crippen LogP contribution in [0.5, 0.6) is 0 Å². The van der Waals surface area contributed by atoms with E-state index in [1.807, 2.05) is 19.9 Å². The maximum absolute atomic E-state index is 10.8. The predicted octanol–water partition coefficient (Wildman–Crippen LogP) is 2.25. The zero-order valence-electron chi connectivity index (χ0n) is 8.74. The molecule has 0 saturated carbocycles. The maximum atomic E-state index is 10.8. The Kier molecular flexibility index (Phi) is 3.68. The summed E-state index contributed by atoms with van der Waals surface area (Å²) < 4.78 is 9.89. The molecule has 0 aliphatic rings. The molecule has 0 aliphatic heterocycles. The summed E-state index contributed by atoms with van der Waals surface area (Å²) in [6.45, 7) is 5.98. The Bertz CT molecular complexity index is 304. The van der Waals surface area contributed by atoms with Crippen LogP contribution >= 0.6 is 0 Å². The number of hydrogen-bond acceptors (Lipinski definition) is 4. The number of rotatable bonds is 4. The molecular weight excluding hydrogens is 182 g/mol. The molecule has 0 aromatic carbocycles. The largest absolute Gasteiger partial charge is 0.457 e. The molecular formula is C10H15NO3. The van der Waals surface area contributed by atoms with E-state index < -0.39 is 0 Å². The molecule has 0 atom stereocenters. The topological polar surface area (TPSA) is 52.3 Å². The smallest absolute Gasteiger partial charge is 0.305 e. The quantitative estimate of drug-likeness (QED) is 0.694. The first-order valence-corrected chi connectivity index (χ1v) is 4.74. The maximum Gasteiger partial charge on any atom is 0.305 e. The van der Waals surface area contributed by atoms with Gasteiger partial charge in [0.1, 0.15) is 0 Å². The van der Waals surface area contributed by atoms with E-state index in [0.717, 1.165) is 5.69 Å². The molecule has 0 bridgehead atoms. The number of carbonyl (C=O) groups is 1. The van der Waals surface area contributed by atoms with E-state index in [9.17, 15) is 4.79 Å². The van der Waals surface area contributed by atoms with E-state index in [1.54, 1.807) is 6.92 Å². The summed E-state index contributed by atoms with van der Waals surface area (Å²) in [6.07, 6.45) is 0.380. The van der Waals surface area contributed by atoms with Gasteiger partial charge in [-0.25, -0.2) is 0 Å². The molecule has 0 spiro atoms. The second-order valence-electron chi connectivity index (χ2n) is 3.39. The highest BCUT2D eigenvalue weighted by Gasteiger charge is 2.08. The van der Waals surface area contributed by atoms with Crippen LogP contribution in [0.4, 0.5) is 0 Å². The van der Waals surface area contributed by atoms with Crippen molar-refractivity contribution in [2.45, 2.75) is 39.7 Å². The first kappa shape index (κ1) is 10.8. The van der Waals surface area contributed by atoms with E-state index in [-0.39, 0.29) is 12.6 Å². The molecule has 0 saturated heterocycles. The van der Waals surface area contributed by atoms with Crippen molar-refractivity contribution in [2.75, 3.05) is 0 Å². The predicted molar refractivity (Wildman–Crippen MR) is 50.7 cm³/mol. The molecule has 1 rings (SSSR count). The van der Waals surface area contributed by atoms with Gasteiger partial charge in [0.15, 0.2) is 12.4 Å². The minimum absolute atomic E-state index is 0.173. The molecule has 0 amide bonds. The molecule has 0 radical (unpaired) electrons. The van der Waals surface area contributed by atoms with Crippen molar-refractivity contribution in [3.8, 4) is 0 Å². The molecule has 1 aromatic rings. The Labute approximate surface area is 83.2 Å². The minimum Gasteiger partial charge on any atom is -0.457 e. The van der Waals surface area contributed by atoms with Gasteiger partial charge in [0.25, 0.3) is 0 Å². The number of nitrogens with zero attached hydrogens (tertiary/aromatic N) is 1. The number of carbonyl (C=O) groups excluding carboxylic acids is 1. The van der Waals surface area contributed by atoms with Crippen molar-refractivity contribution >= 4 is 5.97 Å². The Hall–Kier alpha value is -1.32. The molecule has 78 valence electrons. The van der Waals surface area contributed by atoms with Gasteiger partial charge in [0.2, 0.25) is 0 Å². The fourth-order valence-corrected chi connectivity index (χ4v) is 0.923. The van der Waals surface area contributed by atoms with Crippen LogP contribution in [0.2, 0.25) is 0 Å². The standard InChI is InChI=1S/C10H15NO3/c1-4-10(12)13-6-8-5-9(7(2)3)11-14-8/h5,7H,4,6H2,1-3H3. The van der Waals surface area contributed by atoms with Gasteiger partial charge in [-0.05, 0) is 5.92 Å². The van der Waals surface area contributed by atoms with Crippen molar-refractivity contribution < 1.29 is 14.1 Å². The lowest BCUT2D eigenvalue weighted by Gasteiger charge is -1.97. The van der Waals surface area contributed by atoms with Crippen LogP contribution in [0, 0.1) is 0 Å². The number of ether oxygens (including phenoxy) is 1. The second kappa shape index (κ2) is 4.79. The summed E-state index contributed by atoms with van der Waals surface area (Å²) >= 11 is 0. The zero-order chi connectivity index (χ0) is 10.6. The van der Waals surface area contributed by atoms with Gasteiger partial charge in [-0.3, -0.25) is 4.79 Å². The first-order valence-electron chi connectivity index (χ1n) is 4.74. The van der Waals surface area contributed by atoms with Crippen LogP contribution in [-0.2, 0) is 16.1 Å². The number of esters is 1. The van der Waals surface area contributed by atoms with Crippen molar-refractivity contribution in [1.82, 2.24) is 5.16 Å². The molecule has 1 heterocycles. The Morgan fingerprint density at radius 3 is 2.86 bits per heavy atom. The third-order valence-electron chi connectivity index (χ3n) is 1.83. The van der Waals surface area contributed by atoms with Crippen molar-refractivity contribution in [2.24, 2.45) is 0 Å². The molecule has 4 heteroatoms. The lowest BCUT2D eigenvalue weighted by Crippen LogP contribution is -2.01. The van der Waals surface area contributed by atoms with Gasteiger partial charge in [-0.2, -0.15) is 0 Å².